The molecule has 1 unspecified atom stereocenters. The van der Waals surface area contributed by atoms with E-state index < -0.39 is 11.9 Å². The Balaban J connectivity index is 1.52. The number of hydrogen-bond donors (Lipinski definition) is 2. The number of anilines is 1. The normalized spacial score (nSPS) is 15.6. The third-order valence-electron chi connectivity index (χ3n) is 3.63. The molecular weight excluding hydrogens is 327 g/mol. The van der Waals surface area contributed by atoms with Gasteiger partial charge in [0.25, 0.3) is 11.8 Å². The van der Waals surface area contributed by atoms with Gasteiger partial charge >= 0.3 is 0 Å². The molecule has 0 saturated heterocycles. The van der Waals surface area contributed by atoms with Crippen LogP contribution in [0.25, 0.3) is 0 Å². The lowest BCUT2D eigenvalue weighted by Gasteiger charge is -2.23. The van der Waals surface area contributed by atoms with Crippen LogP contribution < -0.4 is 20.1 Å². The third-order valence-corrected chi connectivity index (χ3v) is 3.63. The van der Waals surface area contributed by atoms with E-state index in [4.69, 9.17) is 9.47 Å². The minimum atomic E-state index is -0.530. The smallest absolute Gasteiger partial charge is 0.265 e. The average molecular weight is 344 g/mol. The molecule has 2 amide bonds. The molecule has 7 heteroatoms. The van der Waals surface area contributed by atoms with E-state index in [0.29, 0.717) is 11.4 Å². The number of benzene rings is 2. The number of carbonyl (C=O) groups excluding carboxylic acids is 2. The maximum atomic E-state index is 13.0. The zero-order valence-electron chi connectivity index (χ0n) is 13.5. The summed E-state index contributed by atoms with van der Waals surface area (Å²) < 4.78 is 23.7. The highest BCUT2D eigenvalue weighted by atomic mass is 19.1. The molecule has 6 nitrogen and oxygen atoms in total. The number of fused-ring (bicyclic) bond motifs is 1. The van der Waals surface area contributed by atoms with Crippen molar-refractivity contribution in [3.05, 3.63) is 53.8 Å². The Morgan fingerprint density at radius 3 is 2.96 bits per heavy atom. The van der Waals surface area contributed by atoms with E-state index in [1.807, 2.05) is 0 Å². The molecule has 0 fully saturated rings. The Hall–Kier alpha value is -3.09. The van der Waals surface area contributed by atoms with Crippen LogP contribution >= 0.6 is 0 Å². The van der Waals surface area contributed by atoms with E-state index in [1.54, 1.807) is 31.2 Å². The van der Waals surface area contributed by atoms with Gasteiger partial charge in [-0.2, -0.15) is 0 Å². The molecule has 2 aromatic rings. The van der Waals surface area contributed by atoms with Gasteiger partial charge in [0.15, 0.2) is 12.7 Å². The second-order valence-corrected chi connectivity index (χ2v) is 5.60. The van der Waals surface area contributed by atoms with Crippen molar-refractivity contribution in [2.24, 2.45) is 0 Å². The van der Waals surface area contributed by atoms with Gasteiger partial charge < -0.3 is 20.1 Å². The van der Waals surface area contributed by atoms with Gasteiger partial charge in [0.2, 0.25) is 0 Å². The lowest BCUT2D eigenvalue weighted by atomic mass is 10.1. The molecule has 2 aromatic carbocycles. The molecule has 130 valence electrons. The van der Waals surface area contributed by atoms with Crippen molar-refractivity contribution in [1.82, 2.24) is 5.32 Å². The zero-order chi connectivity index (χ0) is 17.8. The number of rotatable bonds is 5. The van der Waals surface area contributed by atoms with E-state index in [-0.39, 0.29) is 30.7 Å². The first-order valence-electron chi connectivity index (χ1n) is 7.77. The Kier molecular flexibility index (Phi) is 4.83. The molecule has 0 aliphatic carbocycles. The predicted octanol–water partition coefficient (Wildman–Crippen LogP) is 2.24. The summed E-state index contributed by atoms with van der Waals surface area (Å²) in [6.07, 6.45) is -0.530. The van der Waals surface area contributed by atoms with Gasteiger partial charge in [-0.05, 0) is 36.8 Å². The predicted molar refractivity (Wildman–Crippen MR) is 88.9 cm³/mol. The molecule has 3 rings (SSSR count). The van der Waals surface area contributed by atoms with Crippen molar-refractivity contribution in [3.8, 4) is 11.5 Å². The van der Waals surface area contributed by atoms with E-state index >= 15 is 0 Å². The van der Waals surface area contributed by atoms with Crippen molar-refractivity contribution in [1.29, 1.82) is 0 Å². The van der Waals surface area contributed by atoms with Crippen LogP contribution in [0.4, 0.5) is 10.1 Å². The molecule has 2 N–H and O–H groups in total. The van der Waals surface area contributed by atoms with Crippen molar-refractivity contribution < 1.29 is 23.5 Å². The van der Waals surface area contributed by atoms with Crippen LogP contribution in [-0.2, 0) is 16.1 Å². The van der Waals surface area contributed by atoms with Gasteiger partial charge in [-0.3, -0.25) is 9.59 Å². The first-order chi connectivity index (χ1) is 12.0. The van der Waals surface area contributed by atoms with Crippen LogP contribution in [-0.4, -0.2) is 24.5 Å². The van der Waals surface area contributed by atoms with Crippen molar-refractivity contribution >= 4 is 17.5 Å². The quantitative estimate of drug-likeness (QED) is 0.872. The van der Waals surface area contributed by atoms with Gasteiger partial charge in [-0.25, -0.2) is 4.39 Å². The summed E-state index contributed by atoms with van der Waals surface area (Å²) in [7, 11) is 0. The van der Waals surface area contributed by atoms with Gasteiger partial charge in [0.1, 0.15) is 17.3 Å². The van der Waals surface area contributed by atoms with Gasteiger partial charge in [0, 0.05) is 12.6 Å². The molecule has 1 aliphatic heterocycles. The van der Waals surface area contributed by atoms with E-state index in [2.05, 4.69) is 10.6 Å². The van der Waals surface area contributed by atoms with Crippen molar-refractivity contribution in [2.45, 2.75) is 19.6 Å². The molecule has 0 bridgehead atoms. The van der Waals surface area contributed by atoms with Crippen molar-refractivity contribution in [2.75, 3.05) is 11.9 Å². The van der Waals surface area contributed by atoms with Crippen LogP contribution in [0.3, 0.4) is 0 Å². The molecule has 25 heavy (non-hydrogen) atoms. The highest BCUT2D eigenvalue weighted by molar-refractivity contribution is 5.97. The fraction of sp³-hybridized carbons (Fsp3) is 0.222. The fourth-order valence-corrected chi connectivity index (χ4v) is 2.32. The molecule has 1 atom stereocenters. The largest absolute Gasteiger partial charge is 0.484 e. The average Bonchev–Trinajstić information content (AvgIpc) is 2.59. The molecule has 0 radical (unpaired) electrons. The van der Waals surface area contributed by atoms with E-state index in [0.717, 1.165) is 5.56 Å². The first-order valence-corrected chi connectivity index (χ1v) is 7.77. The highest BCUT2D eigenvalue weighted by Crippen LogP contribution is 2.30. The number of amides is 2. The number of ether oxygens (including phenoxy) is 2. The lowest BCUT2D eigenvalue weighted by Crippen LogP contribution is -2.34. The summed E-state index contributed by atoms with van der Waals surface area (Å²) in [6, 6.07) is 10.9. The Bertz CT molecular complexity index is 809. The second-order valence-electron chi connectivity index (χ2n) is 5.60. The zero-order valence-corrected chi connectivity index (χ0v) is 13.5. The Morgan fingerprint density at radius 2 is 2.16 bits per heavy atom. The molecule has 0 saturated carbocycles. The molecule has 0 spiro atoms. The van der Waals surface area contributed by atoms with E-state index in [1.165, 1.54) is 18.2 Å². The third kappa shape index (κ3) is 4.26. The van der Waals surface area contributed by atoms with Crippen LogP contribution in [0.1, 0.15) is 12.5 Å². The van der Waals surface area contributed by atoms with Gasteiger partial charge in [-0.1, -0.05) is 12.1 Å². The monoisotopic (exact) mass is 344 g/mol. The van der Waals surface area contributed by atoms with E-state index in [9.17, 15) is 14.0 Å². The number of halogens is 1. The van der Waals surface area contributed by atoms with Crippen LogP contribution in [0.2, 0.25) is 0 Å². The highest BCUT2D eigenvalue weighted by Gasteiger charge is 2.23. The number of nitrogens with one attached hydrogen (secondary N) is 2. The minimum absolute atomic E-state index is 0.211. The van der Waals surface area contributed by atoms with Crippen molar-refractivity contribution in [3.63, 3.8) is 0 Å². The second kappa shape index (κ2) is 7.21. The summed E-state index contributed by atoms with van der Waals surface area (Å²) in [6.45, 7) is 1.72. The first kappa shape index (κ1) is 16.8. The number of hydrogen-bond acceptors (Lipinski definition) is 4. The van der Waals surface area contributed by atoms with Gasteiger partial charge in [-0.15, -0.1) is 0 Å². The number of carbonyl (C=O) groups is 2. The summed E-state index contributed by atoms with van der Waals surface area (Å²) in [5, 5.41) is 5.45. The summed E-state index contributed by atoms with van der Waals surface area (Å²) in [5.74, 6) is -0.0897. The Labute approximate surface area is 143 Å². The summed E-state index contributed by atoms with van der Waals surface area (Å²) in [4.78, 5) is 23.5. The molecule has 0 aromatic heterocycles. The molecular formula is C18H17FN2O4. The summed E-state index contributed by atoms with van der Waals surface area (Å²) >= 11 is 0. The van der Waals surface area contributed by atoms with Crippen LogP contribution in [0.15, 0.2) is 42.5 Å². The van der Waals surface area contributed by atoms with Crippen LogP contribution in [0, 0.1) is 5.82 Å². The topological polar surface area (TPSA) is 76.7 Å². The van der Waals surface area contributed by atoms with Crippen LogP contribution in [0.5, 0.6) is 11.5 Å². The standard InChI is InChI=1S/C18H17FN2O4/c1-11-18(23)21-15-7-12(5-6-16(15)25-11)9-20-17(22)10-24-14-4-2-3-13(19)8-14/h2-8,11H,9-10H2,1H3,(H,20,22)(H,21,23). The maximum Gasteiger partial charge on any atom is 0.265 e. The Morgan fingerprint density at radius 1 is 1.32 bits per heavy atom. The lowest BCUT2D eigenvalue weighted by molar-refractivity contribution is -0.123. The molecule has 1 heterocycles. The minimum Gasteiger partial charge on any atom is -0.484 e. The SMILES string of the molecule is CC1Oc2ccc(CNC(=O)COc3cccc(F)c3)cc2NC1=O. The maximum absolute atomic E-state index is 13.0. The fourth-order valence-electron chi connectivity index (χ4n) is 2.32. The summed E-state index contributed by atoms with van der Waals surface area (Å²) in [5.41, 5.74) is 1.38. The van der Waals surface area contributed by atoms with Gasteiger partial charge in [0.05, 0.1) is 5.69 Å². The molecule has 1 aliphatic rings.